The summed E-state index contributed by atoms with van der Waals surface area (Å²) in [5.74, 6) is 0.421. The van der Waals surface area contributed by atoms with Crippen LogP contribution in [-0.4, -0.2) is 15.7 Å². The molecule has 1 aromatic carbocycles. The molecule has 0 unspecified atom stereocenters. The van der Waals surface area contributed by atoms with Gasteiger partial charge in [-0.05, 0) is 31.9 Å². The Morgan fingerprint density at radius 1 is 1.43 bits per heavy atom. The quantitative estimate of drug-likeness (QED) is 0.787. The second-order valence-electron chi connectivity index (χ2n) is 4.99. The molecule has 1 aromatic heterocycles. The lowest BCUT2D eigenvalue weighted by molar-refractivity contribution is 0.0719. The smallest absolute Gasteiger partial charge is 0.346 e. The Bertz CT molecular complexity index is 693. The van der Waals surface area contributed by atoms with Crippen LogP contribution in [0.4, 0.5) is 0 Å². The van der Waals surface area contributed by atoms with E-state index >= 15 is 0 Å². The van der Waals surface area contributed by atoms with Crippen molar-refractivity contribution in [1.29, 1.82) is 0 Å². The first-order valence-electron chi connectivity index (χ1n) is 6.84. The standard InChI is InChI=1S/C15H14Cl2N2O2/c1-2-19-13(8-12(18-19)9-6-7-9)21-15(20)10-4-3-5-11(16)14(10)17/h3-5,8-9H,2,6-7H2,1H3. The topological polar surface area (TPSA) is 44.1 Å². The van der Waals surface area contributed by atoms with Gasteiger partial charge in [-0.2, -0.15) is 5.10 Å². The number of benzene rings is 1. The summed E-state index contributed by atoms with van der Waals surface area (Å²) < 4.78 is 7.12. The number of aryl methyl sites for hydroxylation is 1. The third-order valence-electron chi connectivity index (χ3n) is 3.43. The average molecular weight is 325 g/mol. The third kappa shape index (κ3) is 2.92. The van der Waals surface area contributed by atoms with Crippen molar-refractivity contribution in [2.45, 2.75) is 32.2 Å². The van der Waals surface area contributed by atoms with Crippen LogP contribution in [0.25, 0.3) is 0 Å². The van der Waals surface area contributed by atoms with E-state index in [1.165, 1.54) is 0 Å². The molecule has 0 bridgehead atoms. The van der Waals surface area contributed by atoms with Crippen LogP contribution in [0.1, 0.15) is 41.7 Å². The van der Waals surface area contributed by atoms with Gasteiger partial charge in [-0.15, -0.1) is 0 Å². The number of hydrogen-bond donors (Lipinski definition) is 0. The highest BCUT2D eigenvalue weighted by atomic mass is 35.5. The van der Waals surface area contributed by atoms with Crippen molar-refractivity contribution in [3.05, 3.63) is 45.6 Å². The second-order valence-corrected chi connectivity index (χ2v) is 5.77. The molecule has 0 spiro atoms. The van der Waals surface area contributed by atoms with Crippen LogP contribution in [-0.2, 0) is 6.54 Å². The van der Waals surface area contributed by atoms with Crippen molar-refractivity contribution < 1.29 is 9.53 Å². The number of carbonyl (C=O) groups is 1. The van der Waals surface area contributed by atoms with Gasteiger partial charge in [0.15, 0.2) is 0 Å². The lowest BCUT2D eigenvalue weighted by Crippen LogP contribution is -2.12. The van der Waals surface area contributed by atoms with Crippen molar-refractivity contribution in [3.8, 4) is 5.88 Å². The molecule has 2 aromatic rings. The van der Waals surface area contributed by atoms with Gasteiger partial charge < -0.3 is 4.74 Å². The number of ether oxygens (including phenoxy) is 1. The summed E-state index contributed by atoms with van der Waals surface area (Å²) in [5.41, 5.74) is 1.23. The molecule has 1 aliphatic carbocycles. The number of nitrogens with zero attached hydrogens (tertiary/aromatic N) is 2. The Balaban J connectivity index is 1.85. The molecule has 0 atom stereocenters. The summed E-state index contributed by atoms with van der Waals surface area (Å²) in [6, 6.07) is 6.71. The monoisotopic (exact) mass is 324 g/mol. The Morgan fingerprint density at radius 3 is 2.86 bits per heavy atom. The van der Waals surface area contributed by atoms with E-state index in [0.717, 1.165) is 18.5 Å². The van der Waals surface area contributed by atoms with E-state index < -0.39 is 5.97 Å². The Labute approximate surface area is 132 Å². The predicted molar refractivity (Wildman–Crippen MR) is 81.3 cm³/mol. The fourth-order valence-electron chi connectivity index (χ4n) is 2.12. The highest BCUT2D eigenvalue weighted by molar-refractivity contribution is 6.43. The zero-order valence-electron chi connectivity index (χ0n) is 11.5. The van der Waals surface area contributed by atoms with Crippen molar-refractivity contribution >= 4 is 29.2 Å². The minimum absolute atomic E-state index is 0.203. The summed E-state index contributed by atoms with van der Waals surface area (Å²) in [6.45, 7) is 2.59. The summed E-state index contributed by atoms with van der Waals surface area (Å²) in [7, 11) is 0. The van der Waals surface area contributed by atoms with E-state index in [4.69, 9.17) is 27.9 Å². The molecule has 110 valence electrons. The summed E-state index contributed by atoms with van der Waals surface area (Å²) in [5, 5.41) is 4.99. The zero-order valence-corrected chi connectivity index (χ0v) is 13.0. The highest BCUT2D eigenvalue weighted by Gasteiger charge is 2.28. The molecule has 0 N–H and O–H groups in total. The van der Waals surface area contributed by atoms with Crippen LogP contribution in [0, 0.1) is 0 Å². The van der Waals surface area contributed by atoms with Gasteiger partial charge >= 0.3 is 5.97 Å². The molecule has 21 heavy (non-hydrogen) atoms. The molecule has 0 amide bonds. The van der Waals surface area contributed by atoms with E-state index in [0.29, 0.717) is 23.4 Å². The van der Waals surface area contributed by atoms with Gasteiger partial charge in [-0.1, -0.05) is 29.3 Å². The lowest BCUT2D eigenvalue weighted by atomic mass is 10.2. The van der Waals surface area contributed by atoms with E-state index in [2.05, 4.69) is 5.10 Å². The molecule has 0 saturated heterocycles. The number of halogens is 2. The maximum atomic E-state index is 12.2. The van der Waals surface area contributed by atoms with Crippen LogP contribution in [0.5, 0.6) is 5.88 Å². The summed E-state index contributed by atoms with van der Waals surface area (Å²) in [6.07, 6.45) is 2.29. The molecule has 0 radical (unpaired) electrons. The number of hydrogen-bond acceptors (Lipinski definition) is 3. The van der Waals surface area contributed by atoms with E-state index in [1.54, 1.807) is 22.9 Å². The minimum Gasteiger partial charge on any atom is -0.404 e. The molecule has 0 aliphatic heterocycles. The fraction of sp³-hybridized carbons (Fsp3) is 0.333. The zero-order chi connectivity index (χ0) is 15.0. The van der Waals surface area contributed by atoms with Crippen molar-refractivity contribution in [2.75, 3.05) is 0 Å². The van der Waals surface area contributed by atoms with Gasteiger partial charge in [-0.25, -0.2) is 9.48 Å². The first-order chi connectivity index (χ1) is 10.1. The van der Waals surface area contributed by atoms with E-state index in [-0.39, 0.29) is 10.6 Å². The molecule has 4 nitrogen and oxygen atoms in total. The number of rotatable bonds is 4. The largest absolute Gasteiger partial charge is 0.404 e. The van der Waals surface area contributed by atoms with Crippen LogP contribution >= 0.6 is 23.2 Å². The number of aromatic nitrogens is 2. The predicted octanol–water partition coefficient (Wildman–Crippen LogP) is 4.31. The van der Waals surface area contributed by atoms with Gasteiger partial charge in [0, 0.05) is 18.5 Å². The van der Waals surface area contributed by atoms with Gasteiger partial charge in [0.05, 0.1) is 21.3 Å². The molecule has 1 heterocycles. The number of esters is 1. The van der Waals surface area contributed by atoms with Crippen molar-refractivity contribution in [3.63, 3.8) is 0 Å². The lowest BCUT2D eigenvalue weighted by Gasteiger charge is -2.07. The molecule has 1 fully saturated rings. The van der Waals surface area contributed by atoms with Gasteiger partial charge in [0.1, 0.15) is 0 Å². The minimum atomic E-state index is -0.528. The third-order valence-corrected chi connectivity index (χ3v) is 4.24. The van der Waals surface area contributed by atoms with Crippen molar-refractivity contribution in [1.82, 2.24) is 9.78 Å². The van der Waals surface area contributed by atoms with Crippen LogP contribution in [0.15, 0.2) is 24.3 Å². The van der Waals surface area contributed by atoms with Gasteiger partial charge in [-0.3, -0.25) is 0 Å². The van der Waals surface area contributed by atoms with Crippen LogP contribution in [0.2, 0.25) is 10.0 Å². The fourth-order valence-corrected chi connectivity index (χ4v) is 2.49. The Hall–Kier alpha value is -1.52. The first kappa shape index (κ1) is 14.4. The summed E-state index contributed by atoms with van der Waals surface area (Å²) >= 11 is 12.0. The first-order valence-corrected chi connectivity index (χ1v) is 7.59. The number of carbonyl (C=O) groups excluding carboxylic acids is 1. The summed E-state index contributed by atoms with van der Waals surface area (Å²) in [4.78, 5) is 12.2. The van der Waals surface area contributed by atoms with Crippen LogP contribution < -0.4 is 4.74 Å². The SMILES string of the molecule is CCn1nc(C2CC2)cc1OC(=O)c1cccc(Cl)c1Cl. The maximum absolute atomic E-state index is 12.2. The van der Waals surface area contributed by atoms with Gasteiger partial charge in [0.2, 0.25) is 5.88 Å². The molecular weight excluding hydrogens is 311 g/mol. The molecular formula is C15H14Cl2N2O2. The highest BCUT2D eigenvalue weighted by Crippen LogP contribution is 2.40. The molecule has 6 heteroatoms. The second kappa shape index (κ2) is 5.70. The Morgan fingerprint density at radius 2 is 2.19 bits per heavy atom. The molecule has 1 saturated carbocycles. The van der Waals surface area contributed by atoms with Gasteiger partial charge in [0.25, 0.3) is 0 Å². The Kier molecular flexibility index (Phi) is 3.91. The van der Waals surface area contributed by atoms with Crippen molar-refractivity contribution in [2.24, 2.45) is 0 Å². The average Bonchev–Trinajstić information content (AvgIpc) is 3.24. The van der Waals surface area contributed by atoms with E-state index in [9.17, 15) is 4.79 Å². The van der Waals surface area contributed by atoms with E-state index in [1.807, 2.05) is 13.0 Å². The normalized spacial score (nSPS) is 14.2. The molecule has 1 aliphatic rings. The van der Waals surface area contributed by atoms with Crippen LogP contribution in [0.3, 0.4) is 0 Å². The maximum Gasteiger partial charge on any atom is 0.346 e. The molecule has 3 rings (SSSR count).